The van der Waals surface area contributed by atoms with Gasteiger partial charge in [-0.1, -0.05) is 24.3 Å². The lowest BCUT2D eigenvalue weighted by atomic mass is 10.1. The molecular weight excluding hydrogens is 444 g/mol. The molecule has 1 aromatic heterocycles. The number of carboxylic acids is 3. The highest BCUT2D eigenvalue weighted by Gasteiger charge is 2.11. The van der Waals surface area contributed by atoms with Crippen LogP contribution in [0.1, 0.15) is 15.9 Å². The lowest BCUT2D eigenvalue weighted by Crippen LogP contribution is -2.28. The van der Waals surface area contributed by atoms with Crippen LogP contribution in [0, 0.1) is 0 Å². The molecular formula is C22H18N6O6-2. The lowest BCUT2D eigenvalue weighted by molar-refractivity contribution is -0.298. The van der Waals surface area contributed by atoms with E-state index in [0.29, 0.717) is 22.9 Å². The first kappa shape index (κ1) is 23.7. The van der Waals surface area contributed by atoms with Crippen molar-refractivity contribution in [2.75, 3.05) is 29.6 Å². The Morgan fingerprint density at radius 1 is 0.853 bits per heavy atom. The van der Waals surface area contributed by atoms with Crippen molar-refractivity contribution in [2.24, 2.45) is 0 Å². The number of nitrogens with one attached hydrogen (secondary N) is 2. The van der Waals surface area contributed by atoms with Gasteiger partial charge in [-0.15, -0.1) is 0 Å². The van der Waals surface area contributed by atoms with Gasteiger partial charge >= 0.3 is 5.97 Å². The van der Waals surface area contributed by atoms with Crippen LogP contribution in [0.2, 0.25) is 0 Å². The van der Waals surface area contributed by atoms with Gasteiger partial charge in [0, 0.05) is 25.5 Å². The fourth-order valence-electron chi connectivity index (χ4n) is 2.66. The number of hydrogen-bond donors (Lipinski definition) is 3. The zero-order chi connectivity index (χ0) is 24.8. The Bertz CT molecular complexity index is 1240. The van der Waals surface area contributed by atoms with E-state index in [1.165, 1.54) is 24.3 Å². The summed E-state index contributed by atoms with van der Waals surface area (Å²) in [5.74, 6) is -3.94. The molecule has 0 radical (unpaired) electrons. The van der Waals surface area contributed by atoms with Gasteiger partial charge in [-0.2, -0.15) is 15.0 Å². The van der Waals surface area contributed by atoms with E-state index in [0.717, 1.165) is 6.08 Å². The number of benzene rings is 2. The van der Waals surface area contributed by atoms with Crippen molar-refractivity contribution in [3.8, 4) is 0 Å². The average Bonchev–Trinajstić information content (AvgIpc) is 2.78. The van der Waals surface area contributed by atoms with E-state index in [2.05, 4.69) is 25.6 Å². The first-order valence-corrected chi connectivity index (χ1v) is 9.67. The molecule has 12 nitrogen and oxygen atoms in total. The molecule has 0 unspecified atom stereocenters. The Balaban J connectivity index is 1.83. The van der Waals surface area contributed by atoms with Gasteiger partial charge in [-0.25, -0.2) is 4.79 Å². The van der Waals surface area contributed by atoms with Gasteiger partial charge in [0.25, 0.3) is 0 Å². The standard InChI is InChI=1S/C22H20N6O6/c1-28(2)22-26-20(25-21(27-22)24-15-9-5-13(6-10-15)17(29)30)23-14-7-3-12(4-8-14)11-16(18(31)32)19(33)34/h3-11H,1-2H3,(H,29,30)(H,31,32)(H,33,34)(H2,23,24,25,26,27)/p-2. The summed E-state index contributed by atoms with van der Waals surface area (Å²) in [4.78, 5) is 47.4. The van der Waals surface area contributed by atoms with Crippen LogP contribution < -0.4 is 25.7 Å². The fraction of sp³-hybridized carbons (Fsp3) is 0.0909. The number of carbonyl (C=O) groups is 3. The molecule has 0 aliphatic carbocycles. The van der Waals surface area contributed by atoms with E-state index in [1.807, 2.05) is 0 Å². The van der Waals surface area contributed by atoms with Crippen LogP contribution in [0.5, 0.6) is 0 Å². The lowest BCUT2D eigenvalue weighted by Gasteiger charge is -2.14. The Kier molecular flexibility index (Phi) is 7.01. The minimum atomic E-state index is -1.79. The number of aliphatic carboxylic acids is 2. The molecule has 0 aliphatic rings. The van der Waals surface area contributed by atoms with Crippen molar-refractivity contribution in [1.29, 1.82) is 0 Å². The van der Waals surface area contributed by atoms with E-state index >= 15 is 0 Å². The maximum Gasteiger partial charge on any atom is 0.337 e. The number of aromatic carboxylic acids is 1. The highest BCUT2D eigenvalue weighted by Crippen LogP contribution is 2.21. The molecule has 0 bridgehead atoms. The molecule has 0 spiro atoms. The summed E-state index contributed by atoms with van der Waals surface area (Å²) in [6.07, 6.45) is 0.988. The van der Waals surface area contributed by atoms with Crippen molar-refractivity contribution >= 4 is 53.2 Å². The summed E-state index contributed by atoms with van der Waals surface area (Å²) < 4.78 is 0. The third kappa shape index (κ3) is 6.03. The molecule has 3 N–H and O–H groups in total. The van der Waals surface area contributed by atoms with Crippen LogP contribution >= 0.6 is 0 Å². The van der Waals surface area contributed by atoms with E-state index in [1.54, 1.807) is 43.3 Å². The zero-order valence-corrected chi connectivity index (χ0v) is 18.0. The summed E-state index contributed by atoms with van der Waals surface area (Å²) in [5, 5.41) is 36.7. The number of carbonyl (C=O) groups excluding carboxylic acids is 2. The normalized spacial score (nSPS) is 10.9. The molecule has 34 heavy (non-hydrogen) atoms. The molecule has 0 atom stereocenters. The summed E-state index contributed by atoms with van der Waals surface area (Å²) in [5.41, 5.74) is 0.606. The summed E-state index contributed by atoms with van der Waals surface area (Å²) in [6.45, 7) is 0. The predicted molar refractivity (Wildman–Crippen MR) is 119 cm³/mol. The molecule has 12 heteroatoms. The van der Waals surface area contributed by atoms with Crippen molar-refractivity contribution in [2.45, 2.75) is 0 Å². The fourth-order valence-corrected chi connectivity index (χ4v) is 2.66. The van der Waals surface area contributed by atoms with Gasteiger partial charge in [0.1, 0.15) is 0 Å². The average molecular weight is 462 g/mol. The summed E-state index contributed by atoms with van der Waals surface area (Å²) >= 11 is 0. The number of nitrogens with zero attached hydrogens (tertiary/aromatic N) is 4. The number of rotatable bonds is 9. The van der Waals surface area contributed by atoms with Crippen molar-refractivity contribution in [3.05, 3.63) is 65.2 Å². The molecule has 0 saturated heterocycles. The minimum Gasteiger partial charge on any atom is -0.545 e. The first-order valence-electron chi connectivity index (χ1n) is 9.67. The van der Waals surface area contributed by atoms with E-state index in [4.69, 9.17) is 5.11 Å². The number of hydrogen-bond acceptors (Lipinski definition) is 11. The largest absolute Gasteiger partial charge is 0.545 e. The van der Waals surface area contributed by atoms with Crippen molar-refractivity contribution in [1.82, 2.24) is 15.0 Å². The second-order valence-electron chi connectivity index (χ2n) is 7.06. The molecule has 0 amide bonds. The molecule has 3 rings (SSSR count). The van der Waals surface area contributed by atoms with E-state index < -0.39 is 23.5 Å². The molecule has 174 valence electrons. The monoisotopic (exact) mass is 462 g/mol. The number of aromatic nitrogens is 3. The molecule has 2 aromatic carbocycles. The molecule has 1 heterocycles. The summed E-state index contributed by atoms with van der Waals surface area (Å²) in [6, 6.07) is 12.1. The highest BCUT2D eigenvalue weighted by atomic mass is 16.4. The van der Waals surface area contributed by atoms with Gasteiger partial charge < -0.3 is 40.4 Å². The Morgan fingerprint density at radius 2 is 1.35 bits per heavy atom. The zero-order valence-electron chi connectivity index (χ0n) is 18.0. The van der Waals surface area contributed by atoms with Gasteiger partial charge in [0.2, 0.25) is 17.8 Å². The Hall–Kier alpha value is -5.00. The molecule has 0 aliphatic heterocycles. The van der Waals surface area contributed by atoms with Gasteiger partial charge in [0.15, 0.2) is 0 Å². The van der Waals surface area contributed by atoms with Gasteiger partial charge in [-0.05, 0) is 41.5 Å². The third-order valence-electron chi connectivity index (χ3n) is 4.33. The maximum absolute atomic E-state index is 11.0. The van der Waals surface area contributed by atoms with Crippen LogP contribution in [-0.2, 0) is 9.59 Å². The SMILES string of the molecule is CN(C)c1nc(Nc2ccc(/C=C(\C(=O)[O-])C(=O)O)cc2)nc(Nc2ccc(C(=O)[O-])cc2)n1. The number of carboxylic acid groups (broad SMARTS) is 3. The maximum atomic E-state index is 11.0. The summed E-state index contributed by atoms with van der Waals surface area (Å²) in [7, 11) is 3.49. The van der Waals surface area contributed by atoms with Crippen LogP contribution in [0.25, 0.3) is 6.08 Å². The third-order valence-corrected chi connectivity index (χ3v) is 4.33. The quantitative estimate of drug-likeness (QED) is 0.220. The van der Waals surface area contributed by atoms with Crippen molar-refractivity contribution < 1.29 is 29.7 Å². The highest BCUT2D eigenvalue weighted by molar-refractivity contribution is 6.15. The van der Waals surface area contributed by atoms with Gasteiger partial charge in [0.05, 0.1) is 17.5 Å². The second-order valence-corrected chi connectivity index (χ2v) is 7.06. The first-order chi connectivity index (χ1) is 16.1. The van der Waals surface area contributed by atoms with Crippen LogP contribution in [0.4, 0.5) is 29.2 Å². The topological polar surface area (TPSA) is 184 Å². The Morgan fingerprint density at radius 3 is 1.76 bits per heavy atom. The van der Waals surface area contributed by atoms with E-state index in [9.17, 15) is 24.6 Å². The van der Waals surface area contributed by atoms with Gasteiger partial charge in [-0.3, -0.25) is 0 Å². The smallest absolute Gasteiger partial charge is 0.337 e. The van der Waals surface area contributed by atoms with E-state index in [-0.39, 0.29) is 17.5 Å². The Labute approximate surface area is 193 Å². The van der Waals surface area contributed by atoms with Crippen LogP contribution in [-0.4, -0.2) is 52.1 Å². The van der Waals surface area contributed by atoms with Crippen molar-refractivity contribution in [3.63, 3.8) is 0 Å². The van der Waals surface area contributed by atoms with Crippen LogP contribution in [0.15, 0.2) is 54.1 Å². The number of anilines is 5. The molecule has 3 aromatic rings. The van der Waals surface area contributed by atoms with Crippen LogP contribution in [0.3, 0.4) is 0 Å². The second kappa shape index (κ2) is 10.1. The minimum absolute atomic E-state index is 0.0333. The predicted octanol–water partition coefficient (Wildman–Crippen LogP) is 0.00620. The molecule has 0 saturated carbocycles. The molecule has 0 fully saturated rings.